The van der Waals surface area contributed by atoms with Gasteiger partial charge < -0.3 is 19.7 Å². The Hall–Kier alpha value is -2.84. The average molecular weight is 348 g/mol. The molecule has 1 atom stereocenters. The highest BCUT2D eigenvalue weighted by Gasteiger charge is 2.32. The van der Waals surface area contributed by atoms with Crippen molar-refractivity contribution < 1.29 is 19.4 Å². The first-order valence-electron chi connectivity index (χ1n) is 7.98. The van der Waals surface area contributed by atoms with E-state index in [1.807, 2.05) is 0 Å². The van der Waals surface area contributed by atoms with Gasteiger partial charge in [0.15, 0.2) is 11.3 Å². The molecule has 1 unspecified atom stereocenters. The van der Waals surface area contributed by atoms with Crippen LogP contribution in [0.1, 0.15) is 43.7 Å². The highest BCUT2D eigenvalue weighted by molar-refractivity contribution is 5.88. The fourth-order valence-electron chi connectivity index (χ4n) is 2.90. The third-order valence-electron chi connectivity index (χ3n) is 3.96. The number of nitrogens with zero attached hydrogens (tertiary/aromatic N) is 3. The summed E-state index contributed by atoms with van der Waals surface area (Å²) >= 11 is 0. The number of carboxylic acids is 1. The molecule has 2 aromatic heterocycles. The number of ether oxygens (including phenoxy) is 1. The quantitative estimate of drug-likeness (QED) is 0.851. The van der Waals surface area contributed by atoms with E-state index in [-0.39, 0.29) is 23.1 Å². The molecular weight excluding hydrogens is 328 g/mol. The van der Waals surface area contributed by atoms with Crippen LogP contribution in [0.2, 0.25) is 0 Å². The third-order valence-corrected chi connectivity index (χ3v) is 3.96. The second kappa shape index (κ2) is 5.91. The summed E-state index contributed by atoms with van der Waals surface area (Å²) in [7, 11) is 0. The first-order chi connectivity index (χ1) is 11.7. The average Bonchev–Trinajstić information content (AvgIpc) is 3.07. The van der Waals surface area contributed by atoms with E-state index in [9.17, 15) is 14.4 Å². The van der Waals surface area contributed by atoms with Gasteiger partial charge in [-0.15, -0.1) is 0 Å². The smallest absolute Gasteiger partial charge is 0.410 e. The van der Waals surface area contributed by atoms with Crippen molar-refractivity contribution in [2.24, 2.45) is 0 Å². The summed E-state index contributed by atoms with van der Waals surface area (Å²) in [6.07, 6.45) is 0.132. The van der Waals surface area contributed by atoms with Gasteiger partial charge in [0, 0.05) is 13.1 Å². The van der Waals surface area contributed by atoms with Crippen molar-refractivity contribution in [1.82, 2.24) is 19.4 Å². The molecule has 1 amide bonds. The Morgan fingerprint density at radius 1 is 1.36 bits per heavy atom. The molecule has 2 N–H and O–H groups in total. The van der Waals surface area contributed by atoms with Crippen molar-refractivity contribution >= 4 is 23.2 Å². The van der Waals surface area contributed by atoms with Crippen LogP contribution in [-0.4, -0.2) is 55.3 Å². The van der Waals surface area contributed by atoms with Crippen molar-refractivity contribution in [1.29, 1.82) is 0 Å². The number of carbonyl (C=O) groups is 2. The lowest BCUT2D eigenvalue weighted by Crippen LogP contribution is -2.36. The molecule has 0 spiro atoms. The van der Waals surface area contributed by atoms with Crippen molar-refractivity contribution in [3.05, 3.63) is 28.3 Å². The lowest BCUT2D eigenvalue weighted by Gasteiger charge is -2.24. The van der Waals surface area contributed by atoms with Gasteiger partial charge in [-0.05, 0) is 39.3 Å². The van der Waals surface area contributed by atoms with Gasteiger partial charge >= 0.3 is 17.8 Å². The summed E-state index contributed by atoms with van der Waals surface area (Å²) in [4.78, 5) is 43.9. The van der Waals surface area contributed by atoms with E-state index in [0.717, 1.165) is 0 Å². The Morgan fingerprint density at radius 3 is 2.72 bits per heavy atom. The number of amides is 1. The molecule has 0 aliphatic carbocycles. The van der Waals surface area contributed by atoms with Gasteiger partial charge in [-0.2, -0.15) is 0 Å². The van der Waals surface area contributed by atoms with E-state index in [4.69, 9.17) is 9.84 Å². The van der Waals surface area contributed by atoms with Gasteiger partial charge in [0.1, 0.15) is 5.60 Å². The number of carbonyl (C=O) groups excluding carboxylic acids is 1. The molecule has 9 heteroatoms. The van der Waals surface area contributed by atoms with Crippen LogP contribution in [0.4, 0.5) is 4.79 Å². The van der Waals surface area contributed by atoms with Gasteiger partial charge in [-0.3, -0.25) is 4.57 Å². The molecule has 134 valence electrons. The van der Waals surface area contributed by atoms with Gasteiger partial charge in [0.25, 0.3) is 0 Å². The number of aromatic amines is 1. The third kappa shape index (κ3) is 3.35. The maximum Gasteiger partial charge on any atom is 0.410 e. The number of likely N-dealkylation sites (tertiary alicyclic amines) is 1. The zero-order valence-electron chi connectivity index (χ0n) is 14.3. The maximum absolute atomic E-state index is 12.3. The minimum atomic E-state index is -1.16. The largest absolute Gasteiger partial charge is 0.477 e. The highest BCUT2D eigenvalue weighted by Crippen LogP contribution is 2.25. The van der Waals surface area contributed by atoms with Crippen molar-refractivity contribution in [2.75, 3.05) is 13.1 Å². The zero-order valence-corrected chi connectivity index (χ0v) is 14.3. The van der Waals surface area contributed by atoms with Crippen LogP contribution in [0.3, 0.4) is 0 Å². The number of fused-ring (bicyclic) bond motifs is 1. The lowest BCUT2D eigenvalue weighted by atomic mass is 10.2. The second-order valence-corrected chi connectivity index (χ2v) is 7.04. The zero-order chi connectivity index (χ0) is 18.4. The maximum atomic E-state index is 12.3. The predicted octanol–water partition coefficient (Wildman–Crippen LogP) is 1.60. The van der Waals surface area contributed by atoms with Crippen LogP contribution >= 0.6 is 0 Å². The van der Waals surface area contributed by atoms with Crippen LogP contribution in [0.15, 0.2) is 16.9 Å². The first-order valence-corrected chi connectivity index (χ1v) is 7.98. The van der Waals surface area contributed by atoms with Crippen LogP contribution in [0, 0.1) is 0 Å². The first kappa shape index (κ1) is 17.0. The van der Waals surface area contributed by atoms with E-state index >= 15 is 0 Å². The number of rotatable bonds is 2. The van der Waals surface area contributed by atoms with Gasteiger partial charge in [0.2, 0.25) is 0 Å². The Morgan fingerprint density at radius 2 is 2.08 bits per heavy atom. The monoisotopic (exact) mass is 348 g/mol. The van der Waals surface area contributed by atoms with Crippen molar-refractivity contribution in [2.45, 2.75) is 38.8 Å². The van der Waals surface area contributed by atoms with E-state index in [1.54, 1.807) is 25.7 Å². The molecule has 3 rings (SSSR count). The van der Waals surface area contributed by atoms with Crippen LogP contribution in [-0.2, 0) is 4.74 Å². The Balaban J connectivity index is 1.89. The SMILES string of the molecule is CC(C)(C)OC(=O)N1CCC(n2c(=O)[nH]c3ccc(C(=O)O)nc32)C1. The van der Waals surface area contributed by atoms with E-state index in [1.165, 1.54) is 16.7 Å². The molecule has 1 aliphatic heterocycles. The Bertz CT molecular complexity index is 892. The summed E-state index contributed by atoms with van der Waals surface area (Å²) in [6.45, 7) is 6.14. The Kier molecular flexibility index (Phi) is 4.02. The molecule has 3 heterocycles. The molecule has 9 nitrogen and oxygen atoms in total. The number of hydrogen-bond donors (Lipinski definition) is 2. The molecule has 1 aliphatic rings. The fourth-order valence-corrected chi connectivity index (χ4v) is 2.90. The van der Waals surface area contributed by atoms with E-state index in [2.05, 4.69) is 9.97 Å². The molecule has 0 saturated carbocycles. The standard InChI is InChI=1S/C16H20N4O5/c1-16(2,3)25-15(24)19-7-6-9(8-19)20-12-10(18-14(20)23)4-5-11(17-12)13(21)22/h4-5,9H,6-8H2,1-3H3,(H,18,23)(H,21,22). The van der Waals surface area contributed by atoms with Crippen molar-refractivity contribution in [3.63, 3.8) is 0 Å². The Labute approximate surface area is 143 Å². The second-order valence-electron chi connectivity index (χ2n) is 7.04. The summed E-state index contributed by atoms with van der Waals surface area (Å²) in [6, 6.07) is 2.57. The molecule has 1 fully saturated rings. The molecule has 25 heavy (non-hydrogen) atoms. The number of aromatic carboxylic acids is 1. The van der Waals surface area contributed by atoms with Gasteiger partial charge in [-0.1, -0.05) is 0 Å². The summed E-state index contributed by atoms with van der Waals surface area (Å²) in [5.41, 5.74) is -0.361. The minimum absolute atomic E-state index is 0.137. The normalized spacial score (nSPS) is 17.9. The highest BCUT2D eigenvalue weighted by atomic mass is 16.6. The molecule has 2 aromatic rings. The van der Waals surface area contributed by atoms with Crippen LogP contribution in [0.5, 0.6) is 0 Å². The van der Waals surface area contributed by atoms with Crippen molar-refractivity contribution in [3.8, 4) is 0 Å². The summed E-state index contributed by atoms with van der Waals surface area (Å²) < 4.78 is 6.78. The number of imidazole rings is 1. The number of hydrogen-bond acceptors (Lipinski definition) is 5. The summed E-state index contributed by atoms with van der Waals surface area (Å²) in [5.74, 6) is -1.16. The van der Waals surface area contributed by atoms with E-state index < -0.39 is 17.7 Å². The fraction of sp³-hybridized carbons (Fsp3) is 0.500. The molecule has 0 radical (unpaired) electrons. The number of H-pyrrole nitrogens is 1. The van der Waals surface area contributed by atoms with Gasteiger partial charge in [-0.25, -0.2) is 19.4 Å². The molecule has 0 aromatic carbocycles. The lowest BCUT2D eigenvalue weighted by molar-refractivity contribution is 0.0289. The minimum Gasteiger partial charge on any atom is -0.477 e. The number of carboxylic acid groups (broad SMARTS) is 1. The molecule has 1 saturated heterocycles. The number of nitrogens with one attached hydrogen (secondary N) is 1. The van der Waals surface area contributed by atoms with E-state index in [0.29, 0.717) is 25.0 Å². The molecule has 0 bridgehead atoms. The summed E-state index contributed by atoms with van der Waals surface area (Å²) in [5, 5.41) is 9.10. The number of aromatic nitrogens is 3. The topological polar surface area (TPSA) is 118 Å². The number of pyridine rings is 1. The van der Waals surface area contributed by atoms with Crippen LogP contribution in [0.25, 0.3) is 11.2 Å². The molecular formula is C16H20N4O5. The van der Waals surface area contributed by atoms with Crippen LogP contribution < -0.4 is 5.69 Å². The van der Waals surface area contributed by atoms with Gasteiger partial charge in [0.05, 0.1) is 11.6 Å². The predicted molar refractivity (Wildman–Crippen MR) is 88.8 cm³/mol.